The van der Waals surface area contributed by atoms with Crippen LogP contribution in [-0.4, -0.2) is 33.3 Å². The molecule has 0 spiro atoms. The number of hydrogen-bond donors (Lipinski definition) is 1. The Morgan fingerprint density at radius 3 is 3.09 bits per heavy atom. The summed E-state index contributed by atoms with van der Waals surface area (Å²) in [6.45, 7) is 0.198. The van der Waals surface area contributed by atoms with E-state index in [0.717, 1.165) is 9.99 Å². The zero-order chi connectivity index (χ0) is 15.8. The van der Waals surface area contributed by atoms with Crippen LogP contribution < -0.4 is 9.47 Å². The Morgan fingerprint density at radius 2 is 2.17 bits per heavy atom. The standard InChI is InChI=1S/C15H10BrN3O3S/c16-9-4-10-14(17-5-9)19-15(18-10)23-6-11(20)8-1-2-12-13(3-8)22-7-21-12/h1-5H,6-7H2,(H,17,18,19). The van der Waals surface area contributed by atoms with Crippen LogP contribution >= 0.6 is 27.7 Å². The number of ether oxygens (including phenoxy) is 2. The van der Waals surface area contributed by atoms with Gasteiger partial charge in [-0.15, -0.1) is 0 Å². The predicted octanol–water partition coefficient (Wildman–Crippen LogP) is 3.42. The number of hydrogen-bond acceptors (Lipinski definition) is 6. The molecule has 0 fully saturated rings. The van der Waals surface area contributed by atoms with Gasteiger partial charge in [0, 0.05) is 16.2 Å². The number of Topliss-reactive ketones (excluding diaryl/α,β-unsaturated/α-hetero) is 1. The molecule has 0 saturated heterocycles. The molecule has 0 amide bonds. The molecule has 8 heteroatoms. The minimum absolute atomic E-state index is 0.00268. The van der Waals surface area contributed by atoms with Crippen LogP contribution in [0.5, 0.6) is 11.5 Å². The molecule has 23 heavy (non-hydrogen) atoms. The van der Waals surface area contributed by atoms with E-state index in [-0.39, 0.29) is 18.3 Å². The second-order valence-corrected chi connectivity index (χ2v) is 6.73. The molecule has 4 rings (SSSR count). The maximum absolute atomic E-state index is 12.3. The number of halogens is 1. The highest BCUT2D eigenvalue weighted by atomic mass is 79.9. The third-order valence-corrected chi connectivity index (χ3v) is 4.62. The number of carbonyl (C=O) groups is 1. The van der Waals surface area contributed by atoms with Gasteiger partial charge in [-0.05, 0) is 40.2 Å². The van der Waals surface area contributed by atoms with Gasteiger partial charge in [0.15, 0.2) is 28.1 Å². The predicted molar refractivity (Wildman–Crippen MR) is 89.2 cm³/mol. The van der Waals surface area contributed by atoms with Gasteiger partial charge in [-0.1, -0.05) is 11.8 Å². The maximum Gasteiger partial charge on any atom is 0.231 e. The summed E-state index contributed by atoms with van der Waals surface area (Å²) in [7, 11) is 0. The van der Waals surface area contributed by atoms with Gasteiger partial charge < -0.3 is 14.5 Å². The van der Waals surface area contributed by atoms with Crippen molar-refractivity contribution >= 4 is 44.6 Å². The highest BCUT2D eigenvalue weighted by Gasteiger charge is 2.16. The van der Waals surface area contributed by atoms with Crippen LogP contribution in [0.1, 0.15) is 10.4 Å². The summed E-state index contributed by atoms with van der Waals surface area (Å²) in [5.41, 5.74) is 2.06. The first kappa shape index (κ1) is 14.5. The molecule has 3 heterocycles. The SMILES string of the molecule is O=C(CSc1nc2ncc(Br)cc2[nH]1)c1ccc2c(c1)OCO2. The zero-order valence-electron chi connectivity index (χ0n) is 11.7. The number of benzene rings is 1. The average Bonchev–Trinajstić information content (AvgIpc) is 3.17. The molecule has 116 valence electrons. The Bertz CT molecular complexity index is 912. The molecule has 1 N–H and O–H groups in total. The van der Waals surface area contributed by atoms with Crippen molar-refractivity contribution in [2.45, 2.75) is 5.16 Å². The van der Waals surface area contributed by atoms with Crippen molar-refractivity contribution in [2.24, 2.45) is 0 Å². The Balaban J connectivity index is 1.48. The second-order valence-electron chi connectivity index (χ2n) is 4.85. The number of H-pyrrole nitrogens is 1. The summed E-state index contributed by atoms with van der Waals surface area (Å²) in [6.07, 6.45) is 1.69. The van der Waals surface area contributed by atoms with E-state index in [4.69, 9.17) is 9.47 Å². The zero-order valence-corrected chi connectivity index (χ0v) is 14.1. The summed E-state index contributed by atoms with van der Waals surface area (Å²) in [4.78, 5) is 24.0. The fourth-order valence-electron chi connectivity index (χ4n) is 2.21. The minimum atomic E-state index is 0.00268. The van der Waals surface area contributed by atoms with Gasteiger partial charge in [0.05, 0.1) is 11.3 Å². The Morgan fingerprint density at radius 1 is 1.30 bits per heavy atom. The van der Waals surface area contributed by atoms with E-state index in [1.165, 1.54) is 11.8 Å². The van der Waals surface area contributed by atoms with Crippen molar-refractivity contribution < 1.29 is 14.3 Å². The number of carbonyl (C=O) groups excluding carboxylic acids is 1. The van der Waals surface area contributed by atoms with Gasteiger partial charge in [0.25, 0.3) is 0 Å². The van der Waals surface area contributed by atoms with Crippen LogP contribution in [0.2, 0.25) is 0 Å². The van der Waals surface area contributed by atoms with E-state index in [1.54, 1.807) is 24.4 Å². The molecule has 2 aromatic heterocycles. The summed E-state index contributed by atoms with van der Waals surface area (Å²) < 4.78 is 11.4. The van der Waals surface area contributed by atoms with Gasteiger partial charge >= 0.3 is 0 Å². The lowest BCUT2D eigenvalue weighted by atomic mass is 10.1. The Hall–Kier alpha value is -2.06. The van der Waals surface area contributed by atoms with Gasteiger partial charge in [-0.2, -0.15) is 0 Å². The van der Waals surface area contributed by atoms with E-state index >= 15 is 0 Å². The van der Waals surface area contributed by atoms with Gasteiger partial charge in [-0.3, -0.25) is 4.79 Å². The Kier molecular flexibility index (Phi) is 3.70. The van der Waals surface area contributed by atoms with Crippen LogP contribution in [0.3, 0.4) is 0 Å². The molecule has 0 saturated carbocycles. The summed E-state index contributed by atoms with van der Waals surface area (Å²) in [5, 5.41) is 0.666. The molecule has 0 radical (unpaired) electrons. The largest absolute Gasteiger partial charge is 0.454 e. The summed E-state index contributed by atoms with van der Waals surface area (Å²) >= 11 is 4.71. The van der Waals surface area contributed by atoms with E-state index in [9.17, 15) is 4.79 Å². The number of nitrogens with one attached hydrogen (secondary N) is 1. The van der Waals surface area contributed by atoms with Gasteiger partial charge in [0.2, 0.25) is 6.79 Å². The number of aromatic nitrogens is 3. The molecular formula is C15H10BrN3O3S. The summed E-state index contributed by atoms with van der Waals surface area (Å²) in [6, 6.07) is 7.11. The summed E-state index contributed by atoms with van der Waals surface area (Å²) in [5.74, 6) is 1.56. The first-order valence-corrected chi connectivity index (χ1v) is 8.54. The lowest BCUT2D eigenvalue weighted by Gasteiger charge is -2.01. The molecule has 3 aromatic rings. The number of imidazole rings is 1. The smallest absolute Gasteiger partial charge is 0.231 e. The monoisotopic (exact) mass is 391 g/mol. The number of fused-ring (bicyclic) bond motifs is 2. The van der Waals surface area contributed by atoms with Gasteiger partial charge in [-0.25, -0.2) is 9.97 Å². The lowest BCUT2D eigenvalue weighted by molar-refractivity contribution is 0.102. The van der Waals surface area contributed by atoms with E-state index in [0.29, 0.717) is 27.9 Å². The molecular weight excluding hydrogens is 382 g/mol. The van der Waals surface area contributed by atoms with Crippen LogP contribution in [0.15, 0.2) is 40.1 Å². The fourth-order valence-corrected chi connectivity index (χ4v) is 3.31. The molecule has 0 bridgehead atoms. The van der Waals surface area contributed by atoms with Crippen molar-refractivity contribution in [1.82, 2.24) is 15.0 Å². The second kappa shape index (κ2) is 5.86. The molecule has 1 aliphatic rings. The minimum Gasteiger partial charge on any atom is -0.454 e. The van der Waals surface area contributed by atoms with Crippen molar-refractivity contribution in [3.8, 4) is 11.5 Å². The number of nitrogens with zero attached hydrogens (tertiary/aromatic N) is 2. The van der Waals surface area contributed by atoms with Crippen LogP contribution in [-0.2, 0) is 0 Å². The van der Waals surface area contributed by atoms with Crippen LogP contribution in [0.4, 0.5) is 0 Å². The normalized spacial score (nSPS) is 12.7. The average molecular weight is 392 g/mol. The highest BCUT2D eigenvalue weighted by Crippen LogP contribution is 2.33. The van der Waals surface area contributed by atoms with E-state index in [2.05, 4.69) is 30.9 Å². The number of ketones is 1. The molecule has 6 nitrogen and oxygen atoms in total. The topological polar surface area (TPSA) is 77.1 Å². The van der Waals surface area contributed by atoms with Crippen molar-refractivity contribution in [3.05, 3.63) is 40.5 Å². The maximum atomic E-state index is 12.3. The molecule has 1 aliphatic heterocycles. The number of thioether (sulfide) groups is 1. The number of rotatable bonds is 4. The molecule has 0 unspecified atom stereocenters. The molecule has 0 aliphatic carbocycles. The van der Waals surface area contributed by atoms with Crippen molar-refractivity contribution in [2.75, 3.05) is 12.5 Å². The van der Waals surface area contributed by atoms with Gasteiger partial charge in [0.1, 0.15) is 0 Å². The van der Waals surface area contributed by atoms with Crippen molar-refractivity contribution in [1.29, 1.82) is 0 Å². The lowest BCUT2D eigenvalue weighted by Crippen LogP contribution is -2.02. The van der Waals surface area contributed by atoms with Crippen molar-refractivity contribution in [3.63, 3.8) is 0 Å². The van der Waals surface area contributed by atoms with Crippen LogP contribution in [0.25, 0.3) is 11.2 Å². The molecule has 0 atom stereocenters. The van der Waals surface area contributed by atoms with E-state index < -0.39 is 0 Å². The molecule has 1 aromatic carbocycles. The third-order valence-electron chi connectivity index (χ3n) is 3.32. The first-order chi connectivity index (χ1) is 11.2. The third kappa shape index (κ3) is 2.91. The fraction of sp³-hybridized carbons (Fsp3) is 0.133. The quantitative estimate of drug-likeness (QED) is 0.542. The first-order valence-electron chi connectivity index (χ1n) is 6.76. The highest BCUT2D eigenvalue weighted by molar-refractivity contribution is 9.10. The Labute approximate surface area is 143 Å². The number of aromatic amines is 1. The number of pyridine rings is 1. The van der Waals surface area contributed by atoms with Crippen LogP contribution in [0, 0.1) is 0 Å². The van der Waals surface area contributed by atoms with E-state index in [1.807, 2.05) is 6.07 Å².